The average molecular weight is 456 g/mol. The fourth-order valence-corrected chi connectivity index (χ4v) is 3.87. The Morgan fingerprint density at radius 2 is 1.82 bits per heavy atom. The zero-order chi connectivity index (χ0) is 24.1. The summed E-state index contributed by atoms with van der Waals surface area (Å²) in [7, 11) is 1.59. The summed E-state index contributed by atoms with van der Waals surface area (Å²) in [5, 5.41) is 9.76. The molecule has 1 atom stereocenters. The number of carbonyl (C=O) groups excluding carboxylic acids is 1. The predicted octanol–water partition coefficient (Wildman–Crippen LogP) is 4.46. The van der Waals surface area contributed by atoms with Crippen LogP contribution in [0.5, 0.6) is 23.0 Å². The highest BCUT2D eigenvalue weighted by Gasteiger charge is 2.31. The van der Waals surface area contributed by atoms with E-state index in [-0.39, 0.29) is 12.3 Å². The van der Waals surface area contributed by atoms with E-state index >= 15 is 0 Å². The molecular weight excluding hydrogens is 432 g/mol. The number of methoxy groups -OCH3 is 1. The van der Waals surface area contributed by atoms with Crippen molar-refractivity contribution in [2.75, 3.05) is 13.7 Å². The molecule has 7 nitrogen and oxygen atoms in total. The maximum absolute atomic E-state index is 12.5. The second-order valence-corrected chi connectivity index (χ2v) is 7.63. The summed E-state index contributed by atoms with van der Waals surface area (Å²) in [6.45, 7) is 2.44. The molecule has 2 N–H and O–H groups in total. The number of allylic oxidation sites excluding steroid dienone is 1. The van der Waals surface area contributed by atoms with Crippen LogP contribution < -0.4 is 24.7 Å². The van der Waals surface area contributed by atoms with E-state index in [0.29, 0.717) is 35.2 Å². The molecule has 1 heterocycles. The number of nitrogens with zero attached hydrogens (tertiary/aromatic N) is 1. The number of carbonyl (C=O) groups is 1. The summed E-state index contributed by atoms with van der Waals surface area (Å²) < 4.78 is 22.0. The van der Waals surface area contributed by atoms with E-state index < -0.39 is 11.9 Å². The number of ether oxygens (including phenoxy) is 4. The lowest BCUT2D eigenvalue weighted by molar-refractivity contribution is -0.133. The van der Waals surface area contributed by atoms with E-state index in [1.54, 1.807) is 37.4 Å². The van der Waals surface area contributed by atoms with Gasteiger partial charge in [0.25, 0.3) is 0 Å². The lowest BCUT2D eigenvalue weighted by Crippen LogP contribution is -2.21. The van der Waals surface area contributed by atoms with Crippen molar-refractivity contribution in [1.82, 2.24) is 0 Å². The molecule has 0 saturated heterocycles. The van der Waals surface area contributed by atoms with Crippen LogP contribution in [0.2, 0.25) is 0 Å². The summed E-state index contributed by atoms with van der Waals surface area (Å²) in [4.78, 5) is 12.5. The lowest BCUT2D eigenvalue weighted by atomic mass is 9.83. The van der Waals surface area contributed by atoms with Crippen LogP contribution in [-0.4, -0.2) is 19.7 Å². The van der Waals surface area contributed by atoms with E-state index in [2.05, 4.69) is 6.07 Å². The Kier molecular flexibility index (Phi) is 6.69. The van der Waals surface area contributed by atoms with Gasteiger partial charge in [0.1, 0.15) is 34.6 Å². The van der Waals surface area contributed by atoms with E-state index in [1.807, 2.05) is 43.3 Å². The summed E-state index contributed by atoms with van der Waals surface area (Å²) in [6.07, 6.45) is 0.107. The molecule has 3 aromatic rings. The van der Waals surface area contributed by atoms with Crippen LogP contribution in [0, 0.1) is 11.3 Å². The first-order valence-electron chi connectivity index (χ1n) is 10.8. The molecule has 1 aliphatic heterocycles. The minimum absolute atomic E-state index is 0.0172. The summed E-state index contributed by atoms with van der Waals surface area (Å²) in [5.41, 5.74) is 8.80. The monoisotopic (exact) mass is 456 g/mol. The molecule has 0 amide bonds. The van der Waals surface area contributed by atoms with Gasteiger partial charge in [-0.15, -0.1) is 0 Å². The molecular formula is C27H24N2O5. The molecule has 0 aliphatic carbocycles. The molecule has 0 radical (unpaired) electrons. The summed E-state index contributed by atoms with van der Waals surface area (Å²) in [5.74, 6) is 1.34. The molecule has 0 aromatic heterocycles. The third-order valence-corrected chi connectivity index (χ3v) is 5.43. The Balaban J connectivity index is 1.59. The Morgan fingerprint density at radius 3 is 2.53 bits per heavy atom. The van der Waals surface area contributed by atoms with E-state index in [9.17, 15) is 10.1 Å². The van der Waals surface area contributed by atoms with Crippen LogP contribution >= 0.6 is 0 Å². The summed E-state index contributed by atoms with van der Waals surface area (Å²) in [6, 6.07) is 22.0. The third kappa shape index (κ3) is 4.81. The number of hydrogen-bond donors (Lipinski definition) is 1. The minimum atomic E-state index is -0.432. The first-order chi connectivity index (χ1) is 16.5. The van der Waals surface area contributed by atoms with Crippen molar-refractivity contribution >= 4 is 5.97 Å². The van der Waals surface area contributed by atoms with Crippen LogP contribution in [0.4, 0.5) is 0 Å². The van der Waals surface area contributed by atoms with Gasteiger partial charge in [-0.1, -0.05) is 30.3 Å². The quantitative estimate of drug-likeness (QED) is 0.413. The van der Waals surface area contributed by atoms with Gasteiger partial charge in [-0.2, -0.15) is 5.26 Å². The Morgan fingerprint density at radius 1 is 1.06 bits per heavy atom. The van der Waals surface area contributed by atoms with Gasteiger partial charge < -0.3 is 24.7 Å². The number of rotatable bonds is 7. The predicted molar refractivity (Wildman–Crippen MR) is 126 cm³/mol. The number of esters is 1. The Bertz CT molecular complexity index is 1270. The van der Waals surface area contributed by atoms with Crippen LogP contribution in [0.1, 0.15) is 29.5 Å². The number of hydrogen-bond acceptors (Lipinski definition) is 7. The number of nitriles is 1. The van der Waals surface area contributed by atoms with Crippen molar-refractivity contribution < 1.29 is 23.7 Å². The molecule has 3 aromatic carbocycles. The molecule has 0 fully saturated rings. The molecule has 1 unspecified atom stereocenters. The zero-order valence-electron chi connectivity index (χ0n) is 18.9. The van der Waals surface area contributed by atoms with Gasteiger partial charge >= 0.3 is 5.97 Å². The molecule has 0 bridgehead atoms. The third-order valence-electron chi connectivity index (χ3n) is 5.43. The molecule has 7 heteroatoms. The maximum Gasteiger partial charge on any atom is 0.315 e. The van der Waals surface area contributed by atoms with Gasteiger partial charge in [-0.05, 0) is 48.4 Å². The van der Waals surface area contributed by atoms with Gasteiger partial charge in [0.05, 0.1) is 26.1 Å². The topological polar surface area (TPSA) is 104 Å². The van der Waals surface area contributed by atoms with Crippen molar-refractivity contribution in [3.8, 4) is 29.1 Å². The second-order valence-electron chi connectivity index (χ2n) is 7.63. The van der Waals surface area contributed by atoms with Crippen molar-refractivity contribution in [2.24, 2.45) is 5.73 Å². The van der Waals surface area contributed by atoms with Crippen LogP contribution in [0.3, 0.4) is 0 Å². The van der Waals surface area contributed by atoms with Gasteiger partial charge in [0, 0.05) is 11.6 Å². The van der Waals surface area contributed by atoms with Crippen LogP contribution in [0.25, 0.3) is 0 Å². The van der Waals surface area contributed by atoms with Crippen LogP contribution in [0.15, 0.2) is 78.2 Å². The number of benzene rings is 3. The first kappa shape index (κ1) is 22.7. The van der Waals surface area contributed by atoms with Crippen molar-refractivity contribution in [3.05, 3.63) is 94.9 Å². The fraction of sp³-hybridized carbons (Fsp3) is 0.185. The zero-order valence-corrected chi connectivity index (χ0v) is 18.9. The highest BCUT2D eigenvalue weighted by molar-refractivity contribution is 5.75. The smallest absolute Gasteiger partial charge is 0.315 e. The Labute approximate surface area is 197 Å². The lowest BCUT2D eigenvalue weighted by Gasteiger charge is -2.27. The maximum atomic E-state index is 12.5. The molecule has 0 saturated carbocycles. The highest BCUT2D eigenvalue weighted by Crippen LogP contribution is 2.44. The number of fused-ring (bicyclic) bond motifs is 1. The first-order valence-corrected chi connectivity index (χ1v) is 10.8. The van der Waals surface area contributed by atoms with Gasteiger partial charge in [0.2, 0.25) is 5.88 Å². The SMILES string of the molecule is CCOc1cccc(C2C(C#N)=C(N)Oc3cc(OC(=O)Cc4ccc(OC)cc4)ccc32)c1. The molecule has 4 rings (SSSR count). The molecule has 0 spiro atoms. The largest absolute Gasteiger partial charge is 0.497 e. The Hall–Kier alpha value is -4.44. The molecule has 172 valence electrons. The molecule has 1 aliphatic rings. The van der Waals surface area contributed by atoms with Crippen LogP contribution in [-0.2, 0) is 11.2 Å². The van der Waals surface area contributed by atoms with Gasteiger partial charge in [-0.3, -0.25) is 4.79 Å². The summed E-state index contributed by atoms with van der Waals surface area (Å²) >= 11 is 0. The molecule has 34 heavy (non-hydrogen) atoms. The van der Waals surface area contributed by atoms with Gasteiger partial charge in [-0.25, -0.2) is 0 Å². The normalized spacial score (nSPS) is 14.4. The van der Waals surface area contributed by atoms with Crippen molar-refractivity contribution in [2.45, 2.75) is 19.3 Å². The van der Waals surface area contributed by atoms with Crippen molar-refractivity contribution in [3.63, 3.8) is 0 Å². The van der Waals surface area contributed by atoms with E-state index in [0.717, 1.165) is 16.7 Å². The highest BCUT2D eigenvalue weighted by atomic mass is 16.5. The van der Waals surface area contributed by atoms with Crippen molar-refractivity contribution in [1.29, 1.82) is 5.26 Å². The average Bonchev–Trinajstić information content (AvgIpc) is 2.84. The second kappa shape index (κ2) is 10.0. The number of nitrogens with two attached hydrogens (primary N) is 1. The minimum Gasteiger partial charge on any atom is -0.497 e. The fourth-order valence-electron chi connectivity index (χ4n) is 3.87. The standard InChI is InChI=1S/C27H24N2O5/c1-3-32-20-6-4-5-18(14-20)26-22-12-11-21(15-24(22)34-27(29)23(26)16-28)33-25(30)13-17-7-9-19(31-2)10-8-17/h4-12,14-15,26H,3,13,29H2,1-2H3. The van der Waals surface area contributed by atoms with E-state index in [4.69, 9.17) is 24.7 Å². The van der Waals surface area contributed by atoms with E-state index in [1.165, 1.54) is 0 Å². The van der Waals surface area contributed by atoms with Gasteiger partial charge in [0.15, 0.2) is 0 Å².